The summed E-state index contributed by atoms with van der Waals surface area (Å²) in [5.41, 5.74) is 2.47. The van der Waals surface area contributed by atoms with Crippen molar-refractivity contribution >= 4 is 11.7 Å². The number of carboxylic acid groups (broad SMARTS) is 1. The minimum Gasteiger partial charge on any atom is -0.478 e. The first-order valence-corrected chi connectivity index (χ1v) is 6.56. The van der Waals surface area contributed by atoms with Crippen molar-refractivity contribution in [1.29, 1.82) is 0 Å². The molecule has 1 saturated carbocycles. The van der Waals surface area contributed by atoms with Gasteiger partial charge in [-0.2, -0.15) is 0 Å². The van der Waals surface area contributed by atoms with Crippen molar-refractivity contribution in [3.05, 3.63) is 23.0 Å². The molecular formula is C14H20N2O2. The maximum absolute atomic E-state index is 11.3. The number of pyridine rings is 1. The van der Waals surface area contributed by atoms with Gasteiger partial charge in [-0.05, 0) is 32.8 Å². The Labute approximate surface area is 107 Å². The number of hydrogen-bond acceptors (Lipinski definition) is 3. The summed E-state index contributed by atoms with van der Waals surface area (Å²) in [4.78, 5) is 15.5. The van der Waals surface area contributed by atoms with Gasteiger partial charge >= 0.3 is 5.97 Å². The largest absolute Gasteiger partial charge is 0.478 e. The van der Waals surface area contributed by atoms with Crippen LogP contribution in [-0.2, 0) is 0 Å². The Morgan fingerprint density at radius 1 is 1.33 bits per heavy atom. The highest BCUT2D eigenvalue weighted by atomic mass is 16.4. The summed E-state index contributed by atoms with van der Waals surface area (Å²) >= 11 is 0. The minimum absolute atomic E-state index is 0.311. The van der Waals surface area contributed by atoms with Crippen molar-refractivity contribution in [2.75, 3.05) is 5.32 Å². The van der Waals surface area contributed by atoms with Gasteiger partial charge in [0.05, 0.1) is 11.4 Å². The van der Waals surface area contributed by atoms with E-state index in [1.165, 1.54) is 19.3 Å². The molecule has 4 nitrogen and oxygen atoms in total. The van der Waals surface area contributed by atoms with Crippen LogP contribution < -0.4 is 5.32 Å². The highest BCUT2D eigenvalue weighted by molar-refractivity contribution is 5.95. The Hall–Kier alpha value is -1.58. The fourth-order valence-electron chi connectivity index (χ4n) is 2.68. The van der Waals surface area contributed by atoms with Gasteiger partial charge in [0, 0.05) is 11.7 Å². The van der Waals surface area contributed by atoms with Crippen LogP contribution in [0.1, 0.15) is 53.8 Å². The fourth-order valence-corrected chi connectivity index (χ4v) is 2.68. The van der Waals surface area contributed by atoms with Crippen molar-refractivity contribution in [3.63, 3.8) is 0 Å². The lowest BCUT2D eigenvalue weighted by Gasteiger charge is -2.25. The van der Waals surface area contributed by atoms with Crippen LogP contribution in [0, 0.1) is 13.8 Å². The van der Waals surface area contributed by atoms with E-state index in [1.54, 1.807) is 6.92 Å². The van der Waals surface area contributed by atoms with Gasteiger partial charge in [0.2, 0.25) is 0 Å². The first-order valence-electron chi connectivity index (χ1n) is 6.56. The van der Waals surface area contributed by atoms with E-state index in [2.05, 4.69) is 10.3 Å². The Kier molecular flexibility index (Phi) is 3.84. The maximum Gasteiger partial charge on any atom is 0.339 e. The van der Waals surface area contributed by atoms with Crippen LogP contribution >= 0.6 is 0 Å². The lowest BCUT2D eigenvalue weighted by Crippen LogP contribution is -2.24. The summed E-state index contributed by atoms with van der Waals surface area (Å²) in [7, 11) is 0. The molecule has 1 aliphatic carbocycles. The average molecular weight is 248 g/mol. The van der Waals surface area contributed by atoms with Crippen LogP contribution in [0.4, 0.5) is 5.69 Å². The van der Waals surface area contributed by atoms with Gasteiger partial charge in [-0.25, -0.2) is 4.79 Å². The standard InChI is InChI=1S/C14H20N2O2/c1-9-8-12(13(14(17)18)10(2)15-9)16-11-6-4-3-5-7-11/h8,11H,3-7H2,1-2H3,(H,15,16)(H,17,18). The number of carbonyl (C=O) groups is 1. The molecule has 1 fully saturated rings. The number of hydrogen-bond donors (Lipinski definition) is 2. The summed E-state index contributed by atoms with van der Waals surface area (Å²) in [6, 6.07) is 2.24. The topological polar surface area (TPSA) is 62.2 Å². The quantitative estimate of drug-likeness (QED) is 0.862. The summed E-state index contributed by atoms with van der Waals surface area (Å²) in [6.07, 6.45) is 5.99. The molecule has 0 radical (unpaired) electrons. The Morgan fingerprint density at radius 3 is 2.61 bits per heavy atom. The maximum atomic E-state index is 11.3. The SMILES string of the molecule is Cc1cc(NC2CCCCC2)c(C(=O)O)c(C)n1. The van der Waals surface area contributed by atoms with Crippen molar-refractivity contribution in [1.82, 2.24) is 4.98 Å². The zero-order valence-corrected chi connectivity index (χ0v) is 11.0. The van der Waals surface area contributed by atoms with Crippen LogP contribution in [0.5, 0.6) is 0 Å². The third-order valence-corrected chi connectivity index (χ3v) is 3.51. The molecule has 1 aromatic heterocycles. The molecule has 0 amide bonds. The van der Waals surface area contributed by atoms with E-state index >= 15 is 0 Å². The van der Waals surface area contributed by atoms with E-state index in [0.29, 0.717) is 17.3 Å². The summed E-state index contributed by atoms with van der Waals surface area (Å²) in [5, 5.41) is 12.7. The molecule has 98 valence electrons. The highest BCUT2D eigenvalue weighted by Gasteiger charge is 2.19. The second-order valence-corrected chi connectivity index (χ2v) is 5.06. The predicted molar refractivity (Wildman–Crippen MR) is 71.2 cm³/mol. The minimum atomic E-state index is -0.904. The van der Waals surface area contributed by atoms with E-state index in [1.807, 2.05) is 13.0 Å². The van der Waals surface area contributed by atoms with E-state index in [9.17, 15) is 9.90 Å². The number of aromatic nitrogens is 1. The molecular weight excluding hydrogens is 228 g/mol. The van der Waals surface area contributed by atoms with Crippen molar-refractivity contribution < 1.29 is 9.90 Å². The molecule has 0 aliphatic heterocycles. The average Bonchev–Trinajstić information content (AvgIpc) is 2.28. The number of aryl methyl sites for hydroxylation is 2. The van der Waals surface area contributed by atoms with Crippen molar-refractivity contribution in [3.8, 4) is 0 Å². The monoisotopic (exact) mass is 248 g/mol. The number of nitrogens with zero attached hydrogens (tertiary/aromatic N) is 1. The van der Waals surface area contributed by atoms with E-state index in [0.717, 1.165) is 24.2 Å². The summed E-state index contributed by atoms with van der Waals surface area (Å²) < 4.78 is 0. The molecule has 1 heterocycles. The van der Waals surface area contributed by atoms with Gasteiger partial charge < -0.3 is 10.4 Å². The molecule has 0 aromatic carbocycles. The zero-order chi connectivity index (χ0) is 13.1. The molecule has 4 heteroatoms. The van der Waals surface area contributed by atoms with Gasteiger partial charge in [-0.15, -0.1) is 0 Å². The second kappa shape index (κ2) is 5.38. The van der Waals surface area contributed by atoms with Gasteiger partial charge in [0.25, 0.3) is 0 Å². The molecule has 0 unspecified atom stereocenters. The van der Waals surface area contributed by atoms with Crippen LogP contribution in [0.15, 0.2) is 6.07 Å². The first-order chi connectivity index (χ1) is 8.58. The number of nitrogens with one attached hydrogen (secondary N) is 1. The Bertz CT molecular complexity index is 451. The summed E-state index contributed by atoms with van der Waals surface area (Å²) in [6.45, 7) is 3.65. The molecule has 1 aromatic rings. The lowest BCUT2D eigenvalue weighted by atomic mass is 9.95. The second-order valence-electron chi connectivity index (χ2n) is 5.06. The third-order valence-electron chi connectivity index (χ3n) is 3.51. The normalized spacial score (nSPS) is 16.6. The van der Waals surface area contributed by atoms with E-state index in [-0.39, 0.29) is 0 Å². The first kappa shape index (κ1) is 12.9. The van der Waals surface area contributed by atoms with Gasteiger partial charge in [0.15, 0.2) is 0 Å². The molecule has 0 saturated heterocycles. The summed E-state index contributed by atoms with van der Waals surface area (Å²) in [5.74, 6) is -0.904. The van der Waals surface area contributed by atoms with Crippen LogP contribution in [0.25, 0.3) is 0 Å². The van der Waals surface area contributed by atoms with Gasteiger partial charge in [0.1, 0.15) is 5.56 Å². The Morgan fingerprint density at radius 2 is 2.00 bits per heavy atom. The molecule has 0 atom stereocenters. The number of carboxylic acids is 1. The predicted octanol–water partition coefficient (Wildman–Crippen LogP) is 3.14. The van der Waals surface area contributed by atoms with Crippen LogP contribution in [0.2, 0.25) is 0 Å². The van der Waals surface area contributed by atoms with Crippen LogP contribution in [0.3, 0.4) is 0 Å². The van der Waals surface area contributed by atoms with Crippen LogP contribution in [-0.4, -0.2) is 22.1 Å². The van der Waals surface area contributed by atoms with Crippen molar-refractivity contribution in [2.45, 2.75) is 52.0 Å². The van der Waals surface area contributed by atoms with E-state index < -0.39 is 5.97 Å². The molecule has 1 aliphatic rings. The number of aromatic carboxylic acids is 1. The third kappa shape index (κ3) is 2.81. The molecule has 0 bridgehead atoms. The molecule has 2 N–H and O–H groups in total. The number of rotatable bonds is 3. The van der Waals surface area contributed by atoms with Crippen molar-refractivity contribution in [2.24, 2.45) is 0 Å². The van der Waals surface area contributed by atoms with E-state index in [4.69, 9.17) is 0 Å². The zero-order valence-electron chi connectivity index (χ0n) is 11.0. The Balaban J connectivity index is 2.27. The lowest BCUT2D eigenvalue weighted by molar-refractivity contribution is 0.0696. The fraction of sp³-hybridized carbons (Fsp3) is 0.571. The molecule has 2 rings (SSSR count). The highest BCUT2D eigenvalue weighted by Crippen LogP contribution is 2.25. The van der Waals surface area contributed by atoms with Gasteiger partial charge in [-0.1, -0.05) is 19.3 Å². The molecule has 18 heavy (non-hydrogen) atoms. The molecule has 0 spiro atoms. The smallest absolute Gasteiger partial charge is 0.339 e. The number of anilines is 1. The van der Waals surface area contributed by atoms with Gasteiger partial charge in [-0.3, -0.25) is 4.98 Å².